The summed E-state index contributed by atoms with van der Waals surface area (Å²) in [7, 11) is 0. The van der Waals surface area contributed by atoms with Crippen LogP contribution in [0, 0.1) is 5.82 Å². The molecule has 0 aromatic heterocycles. The molecule has 4 heteroatoms. The number of nitrogens with one attached hydrogen (secondary N) is 1. The second-order valence-corrected chi connectivity index (χ2v) is 4.98. The maximum Gasteiger partial charge on any atom is 0.255 e. The Morgan fingerprint density at radius 3 is 2.53 bits per heavy atom. The third-order valence-corrected chi connectivity index (χ3v) is 3.49. The van der Waals surface area contributed by atoms with Crippen molar-refractivity contribution in [2.24, 2.45) is 0 Å². The molecule has 98 valence electrons. The second kappa shape index (κ2) is 5.97. The van der Waals surface area contributed by atoms with Gasteiger partial charge in [0.15, 0.2) is 0 Å². The smallest absolute Gasteiger partial charge is 0.255 e. The van der Waals surface area contributed by atoms with Crippen LogP contribution in [0.25, 0.3) is 0 Å². The normalized spacial score (nSPS) is 10.3. The van der Waals surface area contributed by atoms with Crippen LogP contribution in [0.15, 0.2) is 46.9 Å². The number of hydrogen-bond acceptors (Lipinski definition) is 1. The van der Waals surface area contributed by atoms with Gasteiger partial charge in [-0.1, -0.05) is 19.1 Å². The van der Waals surface area contributed by atoms with Gasteiger partial charge in [-0.2, -0.15) is 0 Å². The standard InChI is InChI=1S/C15H13BrFNO/c1-2-10-3-5-11(6-4-10)15(19)18-14-9-12(17)7-8-13(14)16/h3-9H,2H2,1H3,(H,18,19). The molecule has 0 fully saturated rings. The third kappa shape index (κ3) is 3.41. The maximum atomic E-state index is 13.1. The molecule has 0 aliphatic rings. The summed E-state index contributed by atoms with van der Waals surface area (Å²) in [5.74, 6) is -0.645. The van der Waals surface area contributed by atoms with Crippen LogP contribution in [0.2, 0.25) is 0 Å². The van der Waals surface area contributed by atoms with Gasteiger partial charge < -0.3 is 5.32 Å². The van der Waals surface area contributed by atoms with E-state index in [0.29, 0.717) is 15.7 Å². The van der Waals surface area contributed by atoms with Crippen LogP contribution in [0.3, 0.4) is 0 Å². The summed E-state index contributed by atoms with van der Waals surface area (Å²) in [6.45, 7) is 2.05. The lowest BCUT2D eigenvalue weighted by atomic mass is 10.1. The van der Waals surface area contributed by atoms with Gasteiger partial charge in [-0.05, 0) is 58.2 Å². The van der Waals surface area contributed by atoms with Crippen LogP contribution in [-0.2, 0) is 6.42 Å². The highest BCUT2D eigenvalue weighted by molar-refractivity contribution is 9.10. The number of anilines is 1. The Bertz CT molecular complexity index is 596. The van der Waals surface area contributed by atoms with Gasteiger partial charge >= 0.3 is 0 Å². The molecule has 0 radical (unpaired) electrons. The van der Waals surface area contributed by atoms with Gasteiger partial charge in [-0.3, -0.25) is 4.79 Å². The molecule has 0 bridgehead atoms. The molecule has 0 aliphatic heterocycles. The van der Waals surface area contributed by atoms with Crippen molar-refractivity contribution >= 4 is 27.5 Å². The van der Waals surface area contributed by atoms with Crippen molar-refractivity contribution in [3.05, 3.63) is 63.9 Å². The number of hydrogen-bond donors (Lipinski definition) is 1. The van der Waals surface area contributed by atoms with Gasteiger partial charge in [-0.25, -0.2) is 4.39 Å². The highest BCUT2D eigenvalue weighted by atomic mass is 79.9. The zero-order valence-electron chi connectivity index (χ0n) is 10.4. The summed E-state index contributed by atoms with van der Waals surface area (Å²) in [6, 6.07) is 11.5. The van der Waals surface area contributed by atoms with E-state index in [1.807, 2.05) is 12.1 Å². The summed E-state index contributed by atoms with van der Waals surface area (Å²) in [5.41, 5.74) is 2.14. The number of aryl methyl sites for hydroxylation is 1. The van der Waals surface area contributed by atoms with E-state index >= 15 is 0 Å². The van der Waals surface area contributed by atoms with Gasteiger partial charge in [0.25, 0.3) is 5.91 Å². The Hall–Kier alpha value is -1.68. The van der Waals surface area contributed by atoms with Gasteiger partial charge in [0.2, 0.25) is 0 Å². The van der Waals surface area contributed by atoms with Gasteiger partial charge in [0.05, 0.1) is 5.69 Å². The monoisotopic (exact) mass is 321 g/mol. The lowest BCUT2D eigenvalue weighted by Crippen LogP contribution is -2.12. The van der Waals surface area contributed by atoms with E-state index in [0.717, 1.165) is 6.42 Å². The minimum Gasteiger partial charge on any atom is -0.321 e. The van der Waals surface area contributed by atoms with E-state index in [4.69, 9.17) is 0 Å². The summed E-state index contributed by atoms with van der Waals surface area (Å²) in [6.07, 6.45) is 0.928. The summed E-state index contributed by atoms with van der Waals surface area (Å²) in [4.78, 5) is 12.0. The first-order valence-electron chi connectivity index (χ1n) is 5.95. The molecule has 2 aromatic rings. The molecule has 0 aliphatic carbocycles. The number of carbonyl (C=O) groups is 1. The Kier molecular flexibility index (Phi) is 4.32. The maximum absolute atomic E-state index is 13.1. The fourth-order valence-corrected chi connectivity index (χ4v) is 2.03. The largest absolute Gasteiger partial charge is 0.321 e. The van der Waals surface area contributed by atoms with E-state index in [2.05, 4.69) is 28.2 Å². The van der Waals surface area contributed by atoms with Crippen LogP contribution >= 0.6 is 15.9 Å². The van der Waals surface area contributed by atoms with Crippen molar-refractivity contribution in [1.82, 2.24) is 0 Å². The molecule has 0 atom stereocenters. The van der Waals surface area contributed by atoms with Gasteiger partial charge in [-0.15, -0.1) is 0 Å². The average Bonchev–Trinajstić information content (AvgIpc) is 2.43. The first-order chi connectivity index (χ1) is 9.10. The van der Waals surface area contributed by atoms with Crippen molar-refractivity contribution in [3.8, 4) is 0 Å². The Balaban J connectivity index is 2.18. The van der Waals surface area contributed by atoms with Crippen molar-refractivity contribution < 1.29 is 9.18 Å². The quantitative estimate of drug-likeness (QED) is 0.891. The van der Waals surface area contributed by atoms with Crippen LogP contribution in [0.1, 0.15) is 22.8 Å². The molecule has 2 rings (SSSR count). The molecule has 1 N–H and O–H groups in total. The Morgan fingerprint density at radius 2 is 1.89 bits per heavy atom. The lowest BCUT2D eigenvalue weighted by Gasteiger charge is -2.08. The van der Waals surface area contributed by atoms with Crippen molar-refractivity contribution in [2.45, 2.75) is 13.3 Å². The fourth-order valence-electron chi connectivity index (χ4n) is 1.68. The van der Waals surface area contributed by atoms with E-state index in [1.54, 1.807) is 18.2 Å². The first kappa shape index (κ1) is 13.7. The SMILES string of the molecule is CCc1ccc(C(=O)Nc2cc(F)ccc2Br)cc1. The lowest BCUT2D eigenvalue weighted by molar-refractivity contribution is 0.102. The minimum atomic E-state index is -0.389. The molecule has 19 heavy (non-hydrogen) atoms. The average molecular weight is 322 g/mol. The van der Waals surface area contributed by atoms with E-state index in [-0.39, 0.29) is 11.7 Å². The molecular formula is C15H13BrFNO. The molecule has 2 nitrogen and oxygen atoms in total. The number of carbonyl (C=O) groups excluding carboxylic acids is 1. The van der Waals surface area contributed by atoms with Gasteiger partial charge in [0, 0.05) is 10.0 Å². The predicted octanol–water partition coefficient (Wildman–Crippen LogP) is 4.40. The number of halogens is 2. The molecule has 0 saturated heterocycles. The van der Waals surface area contributed by atoms with Crippen molar-refractivity contribution in [2.75, 3.05) is 5.32 Å². The molecule has 0 spiro atoms. The highest BCUT2D eigenvalue weighted by Gasteiger charge is 2.09. The van der Waals surface area contributed by atoms with E-state index in [1.165, 1.54) is 17.7 Å². The van der Waals surface area contributed by atoms with Crippen molar-refractivity contribution in [1.29, 1.82) is 0 Å². The molecule has 1 amide bonds. The molecule has 0 unspecified atom stereocenters. The van der Waals surface area contributed by atoms with Gasteiger partial charge in [0.1, 0.15) is 5.82 Å². The zero-order chi connectivity index (χ0) is 13.8. The predicted molar refractivity (Wildman–Crippen MR) is 77.9 cm³/mol. The molecule has 2 aromatic carbocycles. The second-order valence-electron chi connectivity index (χ2n) is 4.13. The van der Waals surface area contributed by atoms with Crippen molar-refractivity contribution in [3.63, 3.8) is 0 Å². The number of rotatable bonds is 3. The number of benzene rings is 2. The van der Waals surface area contributed by atoms with Crippen LogP contribution in [-0.4, -0.2) is 5.91 Å². The number of amides is 1. The summed E-state index contributed by atoms with van der Waals surface area (Å²) >= 11 is 3.27. The van der Waals surface area contributed by atoms with Crippen LogP contribution in [0.4, 0.5) is 10.1 Å². The summed E-state index contributed by atoms with van der Waals surface area (Å²) < 4.78 is 13.8. The first-order valence-corrected chi connectivity index (χ1v) is 6.75. The van der Waals surface area contributed by atoms with E-state index in [9.17, 15) is 9.18 Å². The minimum absolute atomic E-state index is 0.256. The van der Waals surface area contributed by atoms with Crippen LogP contribution in [0.5, 0.6) is 0 Å². The summed E-state index contributed by atoms with van der Waals surface area (Å²) in [5, 5.41) is 2.68. The fraction of sp³-hybridized carbons (Fsp3) is 0.133. The highest BCUT2D eigenvalue weighted by Crippen LogP contribution is 2.23. The molecule has 0 heterocycles. The van der Waals surface area contributed by atoms with E-state index < -0.39 is 0 Å². The topological polar surface area (TPSA) is 29.1 Å². The third-order valence-electron chi connectivity index (χ3n) is 2.80. The Morgan fingerprint density at radius 1 is 1.21 bits per heavy atom. The van der Waals surface area contributed by atoms with Crippen LogP contribution < -0.4 is 5.32 Å². The molecule has 0 saturated carbocycles. The Labute approximate surface area is 119 Å². The molecular weight excluding hydrogens is 309 g/mol. The zero-order valence-corrected chi connectivity index (χ0v) is 12.0.